The highest BCUT2D eigenvalue weighted by Crippen LogP contribution is 2.09. The first-order valence-electron chi connectivity index (χ1n) is 8.49. The van der Waals surface area contributed by atoms with Crippen molar-refractivity contribution in [3.63, 3.8) is 0 Å². The molecule has 0 atom stereocenters. The Labute approximate surface area is 175 Å². The summed E-state index contributed by atoms with van der Waals surface area (Å²) >= 11 is 0. The number of guanidine groups is 1. The number of carbonyl (C=O) groups is 1. The highest BCUT2D eigenvalue weighted by Gasteiger charge is 2.10. The van der Waals surface area contributed by atoms with Crippen molar-refractivity contribution in [1.29, 1.82) is 0 Å². The first kappa shape index (κ1) is 22.9. The molecule has 0 spiro atoms. The summed E-state index contributed by atoms with van der Waals surface area (Å²) in [6, 6.07) is 5.88. The van der Waals surface area contributed by atoms with Crippen molar-refractivity contribution in [3.05, 3.63) is 53.0 Å². The molecule has 0 saturated heterocycles. The van der Waals surface area contributed by atoms with Crippen LogP contribution in [0.15, 0.2) is 33.7 Å². The van der Waals surface area contributed by atoms with E-state index >= 15 is 0 Å². The molecule has 3 N–H and O–H groups in total. The van der Waals surface area contributed by atoms with E-state index in [2.05, 4.69) is 25.9 Å². The Hall–Kier alpha value is -2.17. The molecular formula is C18H25FIN5O2. The maximum atomic E-state index is 13.5. The lowest BCUT2D eigenvalue weighted by Gasteiger charge is -2.11. The molecule has 0 unspecified atom stereocenters. The number of aliphatic imine (C=N–C) groups is 1. The molecule has 1 aromatic carbocycles. The van der Waals surface area contributed by atoms with Gasteiger partial charge in [-0.25, -0.2) is 14.4 Å². The molecule has 0 radical (unpaired) electrons. The van der Waals surface area contributed by atoms with E-state index in [1.807, 2.05) is 20.8 Å². The predicted octanol–water partition coefficient (Wildman–Crippen LogP) is 2.53. The van der Waals surface area contributed by atoms with Crippen LogP contribution < -0.4 is 16.0 Å². The van der Waals surface area contributed by atoms with Crippen LogP contribution in [0.4, 0.5) is 4.39 Å². The van der Waals surface area contributed by atoms with Gasteiger partial charge < -0.3 is 20.4 Å². The van der Waals surface area contributed by atoms with Gasteiger partial charge in [0, 0.05) is 19.6 Å². The Morgan fingerprint density at radius 3 is 2.52 bits per heavy atom. The first-order valence-corrected chi connectivity index (χ1v) is 8.49. The molecule has 148 valence electrons. The number of halogens is 2. The van der Waals surface area contributed by atoms with E-state index in [1.165, 1.54) is 12.1 Å². The second-order valence-corrected chi connectivity index (χ2v) is 5.61. The van der Waals surface area contributed by atoms with Crippen LogP contribution in [-0.4, -0.2) is 36.5 Å². The number of nitrogens with one attached hydrogen (secondary N) is 3. The van der Waals surface area contributed by atoms with Crippen LogP contribution in [0.5, 0.6) is 0 Å². The topological polar surface area (TPSA) is 91.6 Å². The maximum absolute atomic E-state index is 13.5. The number of oxazole rings is 1. The zero-order valence-corrected chi connectivity index (χ0v) is 18.0. The van der Waals surface area contributed by atoms with Crippen molar-refractivity contribution in [1.82, 2.24) is 20.9 Å². The molecule has 0 saturated carbocycles. The molecule has 0 aliphatic rings. The fourth-order valence-corrected chi connectivity index (χ4v) is 2.19. The van der Waals surface area contributed by atoms with Crippen molar-refractivity contribution in [2.24, 2.45) is 4.99 Å². The molecule has 7 nitrogen and oxygen atoms in total. The lowest BCUT2D eigenvalue weighted by molar-refractivity contribution is 0.0950. The molecule has 2 rings (SSSR count). The first-order chi connectivity index (χ1) is 12.5. The largest absolute Gasteiger partial charge is 0.444 e. The molecule has 1 amide bonds. The van der Waals surface area contributed by atoms with Gasteiger partial charge in [-0.2, -0.15) is 0 Å². The molecule has 1 heterocycles. The molecule has 0 aliphatic heterocycles. The Morgan fingerprint density at radius 2 is 1.89 bits per heavy atom. The summed E-state index contributed by atoms with van der Waals surface area (Å²) in [5.74, 6) is 0.928. The number of hydrogen-bond acceptors (Lipinski definition) is 4. The van der Waals surface area contributed by atoms with Crippen LogP contribution in [-0.2, 0) is 6.54 Å². The molecule has 0 aliphatic carbocycles. The smallest absolute Gasteiger partial charge is 0.254 e. The molecule has 9 heteroatoms. The third-order valence-electron chi connectivity index (χ3n) is 3.61. The van der Waals surface area contributed by atoms with Gasteiger partial charge in [-0.05, 0) is 32.9 Å². The Morgan fingerprint density at radius 1 is 1.19 bits per heavy atom. The summed E-state index contributed by atoms with van der Waals surface area (Å²) in [5, 5.41) is 8.86. The van der Waals surface area contributed by atoms with Gasteiger partial charge in [0.25, 0.3) is 5.91 Å². The van der Waals surface area contributed by atoms with E-state index in [1.54, 1.807) is 12.1 Å². The standard InChI is InChI=1S/C18H24FN5O2.HI/c1-4-20-18(23-11-16-24-12(2)13(3)26-16)22-10-9-21-17(25)14-7-5-6-8-15(14)19;/h5-8H,4,9-11H2,1-3H3,(H,21,25)(H2,20,22,23);1H. The number of amides is 1. The van der Waals surface area contributed by atoms with Gasteiger partial charge >= 0.3 is 0 Å². The predicted molar refractivity (Wildman–Crippen MR) is 113 cm³/mol. The van der Waals surface area contributed by atoms with E-state index in [0.29, 0.717) is 38.0 Å². The summed E-state index contributed by atoms with van der Waals surface area (Å²) in [7, 11) is 0. The minimum absolute atomic E-state index is 0. The van der Waals surface area contributed by atoms with Gasteiger partial charge in [-0.3, -0.25) is 4.79 Å². The zero-order chi connectivity index (χ0) is 18.9. The van der Waals surface area contributed by atoms with E-state index in [4.69, 9.17) is 4.42 Å². The maximum Gasteiger partial charge on any atom is 0.254 e. The number of hydrogen-bond donors (Lipinski definition) is 3. The molecule has 0 fully saturated rings. The van der Waals surface area contributed by atoms with Gasteiger partial charge in [0.1, 0.15) is 18.1 Å². The number of carbonyl (C=O) groups excluding carboxylic acids is 1. The van der Waals surface area contributed by atoms with Crippen molar-refractivity contribution < 1.29 is 13.6 Å². The molecular weight excluding hydrogens is 464 g/mol. The number of nitrogens with zero attached hydrogens (tertiary/aromatic N) is 2. The van der Waals surface area contributed by atoms with Crippen LogP contribution in [0.3, 0.4) is 0 Å². The number of rotatable bonds is 7. The third-order valence-corrected chi connectivity index (χ3v) is 3.61. The average Bonchev–Trinajstić information content (AvgIpc) is 2.94. The van der Waals surface area contributed by atoms with E-state index in [-0.39, 0.29) is 29.5 Å². The van der Waals surface area contributed by atoms with E-state index < -0.39 is 11.7 Å². The normalized spacial score (nSPS) is 10.9. The van der Waals surface area contributed by atoms with E-state index in [9.17, 15) is 9.18 Å². The lowest BCUT2D eigenvalue weighted by Crippen LogP contribution is -2.41. The van der Waals surface area contributed by atoms with E-state index in [0.717, 1.165) is 11.5 Å². The SMILES string of the molecule is CCNC(=NCc1nc(C)c(C)o1)NCCNC(=O)c1ccccc1F.I. The summed E-state index contributed by atoms with van der Waals surface area (Å²) in [6.45, 7) is 7.47. The molecule has 2 aromatic rings. The van der Waals surface area contributed by atoms with Gasteiger partial charge in [0.05, 0.1) is 11.3 Å². The van der Waals surface area contributed by atoms with Crippen molar-refractivity contribution >= 4 is 35.8 Å². The summed E-state index contributed by atoms with van der Waals surface area (Å²) in [6.07, 6.45) is 0. The molecule has 27 heavy (non-hydrogen) atoms. The van der Waals surface area contributed by atoms with Gasteiger partial charge in [0.15, 0.2) is 5.96 Å². The van der Waals surface area contributed by atoms with Crippen LogP contribution in [0.25, 0.3) is 0 Å². The van der Waals surface area contributed by atoms with Crippen molar-refractivity contribution in [2.75, 3.05) is 19.6 Å². The Bertz CT molecular complexity index is 759. The fraction of sp³-hybridized carbons (Fsp3) is 0.389. The summed E-state index contributed by atoms with van der Waals surface area (Å²) in [5.41, 5.74) is 0.881. The second-order valence-electron chi connectivity index (χ2n) is 5.61. The number of benzene rings is 1. The highest BCUT2D eigenvalue weighted by molar-refractivity contribution is 14.0. The number of aromatic nitrogens is 1. The third kappa shape index (κ3) is 7.16. The Balaban J connectivity index is 0.00000364. The van der Waals surface area contributed by atoms with Crippen LogP contribution in [0, 0.1) is 19.7 Å². The van der Waals surface area contributed by atoms with Gasteiger partial charge in [-0.1, -0.05) is 12.1 Å². The van der Waals surface area contributed by atoms with Gasteiger partial charge in [-0.15, -0.1) is 24.0 Å². The second kappa shape index (κ2) is 11.5. The minimum atomic E-state index is -0.538. The quantitative estimate of drug-likeness (QED) is 0.241. The molecule has 1 aromatic heterocycles. The average molecular weight is 489 g/mol. The zero-order valence-electron chi connectivity index (χ0n) is 15.6. The van der Waals surface area contributed by atoms with Crippen LogP contribution in [0.2, 0.25) is 0 Å². The van der Waals surface area contributed by atoms with Crippen molar-refractivity contribution in [2.45, 2.75) is 27.3 Å². The highest BCUT2D eigenvalue weighted by atomic mass is 127. The lowest BCUT2D eigenvalue weighted by atomic mass is 10.2. The van der Waals surface area contributed by atoms with Gasteiger partial charge in [0.2, 0.25) is 5.89 Å². The van der Waals surface area contributed by atoms with Crippen molar-refractivity contribution in [3.8, 4) is 0 Å². The summed E-state index contributed by atoms with van der Waals surface area (Å²) in [4.78, 5) is 20.6. The summed E-state index contributed by atoms with van der Waals surface area (Å²) < 4.78 is 19.0. The molecule has 0 bridgehead atoms. The van der Waals surface area contributed by atoms with Crippen LogP contribution in [0.1, 0.15) is 34.6 Å². The Kier molecular flexibility index (Phi) is 9.76. The number of aryl methyl sites for hydroxylation is 2. The fourth-order valence-electron chi connectivity index (χ4n) is 2.19. The minimum Gasteiger partial charge on any atom is -0.444 e. The van der Waals surface area contributed by atoms with Crippen LogP contribution >= 0.6 is 24.0 Å². The monoisotopic (exact) mass is 489 g/mol.